The maximum atomic E-state index is 9.13. The fourth-order valence-corrected chi connectivity index (χ4v) is 2.82. The van der Waals surface area contributed by atoms with Crippen molar-refractivity contribution in [1.82, 2.24) is 5.32 Å². The van der Waals surface area contributed by atoms with Crippen molar-refractivity contribution < 1.29 is 4.18 Å². The molecular weight excluding hydrogens is 373 g/mol. The van der Waals surface area contributed by atoms with Crippen molar-refractivity contribution in [3.63, 3.8) is 0 Å². The molecule has 19 heavy (non-hydrogen) atoms. The Hall–Kier alpha value is -0.330. The number of nitrogens with zero attached hydrogens (tertiary/aromatic N) is 1. The quantitative estimate of drug-likeness (QED) is 0.501. The van der Waals surface area contributed by atoms with E-state index in [-0.39, 0.29) is 12.1 Å². The number of halogens is 1. The van der Waals surface area contributed by atoms with Gasteiger partial charge in [-0.3, -0.25) is 5.32 Å². The average Bonchev–Trinajstić information content (AvgIpc) is 2.47. The van der Waals surface area contributed by atoms with Gasteiger partial charge in [-0.05, 0) is 18.4 Å². The van der Waals surface area contributed by atoms with Crippen LogP contribution in [-0.4, -0.2) is 18.7 Å². The molecule has 2 atom stereocenters. The molecule has 0 amide bonds. The van der Waals surface area contributed by atoms with Crippen LogP contribution in [0.15, 0.2) is 30.3 Å². The molecule has 0 radical (unpaired) electrons. The van der Waals surface area contributed by atoms with E-state index in [1.165, 1.54) is 14.8 Å². The Morgan fingerprint density at radius 1 is 1.37 bits per heavy atom. The molecule has 0 heterocycles. The van der Waals surface area contributed by atoms with Crippen LogP contribution in [0.4, 0.5) is 0 Å². The first-order valence-electron chi connectivity index (χ1n) is 6.11. The van der Waals surface area contributed by atoms with Gasteiger partial charge in [-0.2, -0.15) is 5.26 Å². The summed E-state index contributed by atoms with van der Waals surface area (Å²) < 4.78 is 5.39. The molecule has 4 nitrogen and oxygen atoms in total. The summed E-state index contributed by atoms with van der Waals surface area (Å²) in [6, 6.07) is 12.2. The fraction of sp³-hybridized carbons (Fsp3) is 0.462. The van der Waals surface area contributed by atoms with Gasteiger partial charge < -0.3 is 9.92 Å². The summed E-state index contributed by atoms with van der Waals surface area (Å²) in [7, 11) is 1.29. The Balaban J connectivity index is 2.32. The van der Waals surface area contributed by atoms with E-state index in [1.807, 2.05) is 30.3 Å². The van der Waals surface area contributed by atoms with Crippen LogP contribution in [0.1, 0.15) is 18.4 Å². The topological polar surface area (TPSA) is 71.1 Å². The molecule has 0 bridgehead atoms. The maximum absolute atomic E-state index is 9.13. The number of hydrogen-bond donors (Lipinski definition) is 2. The van der Waals surface area contributed by atoms with Crippen molar-refractivity contribution in [3.05, 3.63) is 35.9 Å². The number of nitriles is 1. The largest absolute Gasteiger partial charge is 0.328 e. The first kappa shape index (κ1) is 16.7. The first-order valence-corrected chi connectivity index (χ1v) is 9.39. The molecule has 2 unspecified atom stereocenters. The van der Waals surface area contributed by atoms with E-state index in [9.17, 15) is 0 Å². The SMILES string of the molecule is N#CC(CCC(CN)OSI)NCc1ccccc1. The first-order chi connectivity index (χ1) is 9.30. The number of benzene rings is 1. The molecule has 1 aromatic carbocycles. The smallest absolute Gasteiger partial charge is 0.0956 e. The molecule has 0 aromatic heterocycles. The van der Waals surface area contributed by atoms with Gasteiger partial charge in [0.1, 0.15) is 0 Å². The van der Waals surface area contributed by atoms with Gasteiger partial charge in [0.2, 0.25) is 0 Å². The van der Waals surface area contributed by atoms with Crippen LogP contribution < -0.4 is 11.1 Å². The second-order valence-electron chi connectivity index (χ2n) is 4.14. The Morgan fingerprint density at radius 2 is 2.11 bits per heavy atom. The Bertz CT molecular complexity index is 385. The lowest BCUT2D eigenvalue weighted by Crippen LogP contribution is -2.30. The van der Waals surface area contributed by atoms with E-state index in [0.29, 0.717) is 13.1 Å². The lowest BCUT2D eigenvalue weighted by Gasteiger charge is -2.16. The standard InChI is InChI=1S/C13H18IN3OS/c14-19-18-13(9-16)7-6-12(8-15)17-10-11-4-2-1-3-5-11/h1-5,12-13,17H,6-7,9-10,16H2. The molecule has 0 aliphatic carbocycles. The molecule has 0 aliphatic rings. The predicted octanol–water partition coefficient (Wildman–Crippen LogP) is 2.79. The summed E-state index contributed by atoms with van der Waals surface area (Å²) in [6.45, 7) is 1.18. The minimum Gasteiger partial charge on any atom is -0.328 e. The maximum Gasteiger partial charge on any atom is 0.0956 e. The summed E-state index contributed by atoms with van der Waals surface area (Å²) in [5, 5.41) is 12.4. The predicted molar refractivity (Wildman–Crippen MR) is 87.5 cm³/mol. The molecular formula is C13H18IN3OS. The highest BCUT2D eigenvalue weighted by Gasteiger charge is 2.12. The summed E-state index contributed by atoms with van der Waals surface area (Å²) in [6.07, 6.45) is 1.53. The minimum absolute atomic E-state index is 0.0104. The van der Waals surface area contributed by atoms with Crippen molar-refractivity contribution in [2.75, 3.05) is 6.54 Å². The van der Waals surface area contributed by atoms with Crippen molar-refractivity contribution in [2.24, 2.45) is 5.73 Å². The van der Waals surface area contributed by atoms with Crippen LogP contribution in [0.5, 0.6) is 0 Å². The summed E-state index contributed by atoms with van der Waals surface area (Å²) in [5.41, 5.74) is 6.78. The van der Waals surface area contributed by atoms with Gasteiger partial charge in [0, 0.05) is 34.3 Å². The van der Waals surface area contributed by atoms with Crippen LogP contribution in [0.25, 0.3) is 0 Å². The van der Waals surface area contributed by atoms with E-state index >= 15 is 0 Å². The third kappa shape index (κ3) is 7.13. The van der Waals surface area contributed by atoms with Gasteiger partial charge in [-0.25, -0.2) is 0 Å². The van der Waals surface area contributed by atoms with Crippen LogP contribution in [0.2, 0.25) is 0 Å². The van der Waals surface area contributed by atoms with Crippen molar-refractivity contribution in [3.8, 4) is 6.07 Å². The van der Waals surface area contributed by atoms with Crippen LogP contribution in [0, 0.1) is 11.3 Å². The van der Waals surface area contributed by atoms with Crippen LogP contribution >= 0.6 is 30.4 Å². The van der Waals surface area contributed by atoms with Gasteiger partial charge >= 0.3 is 0 Å². The molecule has 0 saturated heterocycles. The van der Waals surface area contributed by atoms with E-state index in [0.717, 1.165) is 12.8 Å². The lowest BCUT2D eigenvalue weighted by atomic mass is 10.1. The molecule has 0 spiro atoms. The zero-order valence-corrected chi connectivity index (χ0v) is 13.6. The second kappa shape index (κ2) is 10.5. The van der Waals surface area contributed by atoms with Gasteiger partial charge in [-0.1, -0.05) is 30.3 Å². The number of nitrogens with one attached hydrogen (secondary N) is 1. The van der Waals surface area contributed by atoms with E-state index in [2.05, 4.69) is 32.6 Å². The average molecular weight is 391 g/mol. The summed E-state index contributed by atoms with van der Waals surface area (Å²) in [5.74, 6) is 0. The van der Waals surface area contributed by atoms with E-state index in [1.54, 1.807) is 0 Å². The molecule has 104 valence electrons. The lowest BCUT2D eigenvalue weighted by molar-refractivity contribution is 0.233. The molecule has 6 heteroatoms. The van der Waals surface area contributed by atoms with Crippen molar-refractivity contribution in [2.45, 2.75) is 31.5 Å². The molecule has 0 saturated carbocycles. The third-order valence-electron chi connectivity index (χ3n) is 2.76. The van der Waals surface area contributed by atoms with E-state index in [4.69, 9.17) is 15.2 Å². The van der Waals surface area contributed by atoms with Crippen molar-refractivity contribution >= 4 is 30.4 Å². The normalized spacial score (nSPS) is 13.7. The monoisotopic (exact) mass is 391 g/mol. The third-order valence-corrected chi connectivity index (χ3v) is 3.73. The zero-order valence-electron chi connectivity index (χ0n) is 10.6. The van der Waals surface area contributed by atoms with Gasteiger partial charge in [-0.15, -0.1) is 0 Å². The highest BCUT2D eigenvalue weighted by Crippen LogP contribution is 2.18. The van der Waals surface area contributed by atoms with Crippen LogP contribution in [0.3, 0.4) is 0 Å². The number of nitrogens with two attached hydrogens (primary N) is 1. The van der Waals surface area contributed by atoms with E-state index < -0.39 is 0 Å². The fourth-order valence-electron chi connectivity index (χ4n) is 1.66. The molecule has 3 N–H and O–H groups in total. The molecule has 1 aromatic rings. The van der Waals surface area contributed by atoms with Crippen LogP contribution in [-0.2, 0) is 10.7 Å². The number of rotatable bonds is 9. The Labute approximate surface area is 130 Å². The zero-order chi connectivity index (χ0) is 13.9. The second-order valence-corrected chi connectivity index (χ2v) is 5.54. The number of hydrogen-bond acceptors (Lipinski definition) is 5. The minimum atomic E-state index is -0.169. The highest BCUT2D eigenvalue weighted by molar-refractivity contribution is 14.2. The Kier molecular flexibility index (Phi) is 9.20. The highest BCUT2D eigenvalue weighted by atomic mass is 127. The summed E-state index contributed by atoms with van der Waals surface area (Å²) >= 11 is 2.07. The van der Waals surface area contributed by atoms with Gasteiger partial charge in [0.15, 0.2) is 0 Å². The van der Waals surface area contributed by atoms with Crippen molar-refractivity contribution in [1.29, 1.82) is 5.26 Å². The summed E-state index contributed by atoms with van der Waals surface area (Å²) in [4.78, 5) is 0. The molecule has 0 fully saturated rings. The molecule has 1 rings (SSSR count). The molecule has 0 aliphatic heterocycles. The Morgan fingerprint density at radius 3 is 2.68 bits per heavy atom. The van der Waals surface area contributed by atoms with Gasteiger partial charge in [0.05, 0.1) is 27.4 Å². The van der Waals surface area contributed by atoms with Gasteiger partial charge in [0.25, 0.3) is 0 Å².